The Morgan fingerprint density at radius 2 is 2.00 bits per heavy atom. The molecule has 2 unspecified atom stereocenters. The van der Waals surface area contributed by atoms with Gasteiger partial charge in [-0.05, 0) is 19.3 Å². The number of aliphatic hydroxyl groups excluding tert-OH is 1. The Kier molecular flexibility index (Phi) is 5.83. The summed E-state index contributed by atoms with van der Waals surface area (Å²) in [6.45, 7) is 10.1. The van der Waals surface area contributed by atoms with Crippen LogP contribution in [0.1, 0.15) is 34.6 Å². The number of hydrogen-bond acceptors (Lipinski definition) is 3. The molecule has 0 spiro atoms. The molecule has 15 heavy (non-hydrogen) atoms. The van der Waals surface area contributed by atoms with Crippen molar-refractivity contribution < 1.29 is 14.6 Å². The number of amides is 1. The maximum atomic E-state index is 11.4. The van der Waals surface area contributed by atoms with E-state index < -0.39 is 12.2 Å². The van der Waals surface area contributed by atoms with Crippen LogP contribution in [-0.4, -0.2) is 36.4 Å². The van der Waals surface area contributed by atoms with E-state index in [0.29, 0.717) is 6.61 Å². The topological polar surface area (TPSA) is 58.6 Å². The van der Waals surface area contributed by atoms with Crippen molar-refractivity contribution in [1.29, 1.82) is 0 Å². The Hall–Kier alpha value is -0.610. The first kappa shape index (κ1) is 14.4. The molecular weight excluding hydrogens is 194 g/mol. The highest BCUT2D eigenvalue weighted by molar-refractivity contribution is 5.80. The van der Waals surface area contributed by atoms with E-state index in [1.54, 1.807) is 6.92 Å². The lowest BCUT2D eigenvalue weighted by atomic mass is 9.89. The maximum absolute atomic E-state index is 11.4. The third kappa shape index (κ3) is 5.74. The third-order valence-corrected chi connectivity index (χ3v) is 2.26. The summed E-state index contributed by atoms with van der Waals surface area (Å²) in [5.41, 5.74) is -0.220. The van der Waals surface area contributed by atoms with Crippen LogP contribution >= 0.6 is 0 Å². The van der Waals surface area contributed by atoms with Gasteiger partial charge in [0.15, 0.2) is 0 Å². The quantitative estimate of drug-likeness (QED) is 0.720. The maximum Gasteiger partial charge on any atom is 0.248 e. The minimum Gasteiger partial charge on any atom is -0.391 e. The molecule has 0 aliphatic rings. The molecule has 0 heterocycles. The van der Waals surface area contributed by atoms with Crippen LogP contribution < -0.4 is 5.32 Å². The fourth-order valence-corrected chi connectivity index (χ4v) is 0.973. The van der Waals surface area contributed by atoms with Crippen molar-refractivity contribution in [2.45, 2.75) is 46.8 Å². The zero-order valence-electron chi connectivity index (χ0n) is 10.3. The number of ether oxygens (including phenoxy) is 1. The molecule has 0 aromatic rings. The van der Waals surface area contributed by atoms with Crippen LogP contribution in [0.4, 0.5) is 0 Å². The predicted molar refractivity (Wildman–Crippen MR) is 59.6 cm³/mol. The monoisotopic (exact) mass is 217 g/mol. The van der Waals surface area contributed by atoms with Gasteiger partial charge in [0, 0.05) is 13.2 Å². The lowest BCUT2D eigenvalue weighted by Crippen LogP contribution is -2.43. The smallest absolute Gasteiger partial charge is 0.248 e. The Morgan fingerprint density at radius 1 is 1.47 bits per heavy atom. The lowest BCUT2D eigenvalue weighted by Gasteiger charge is -2.26. The molecule has 90 valence electrons. The van der Waals surface area contributed by atoms with Crippen molar-refractivity contribution in [2.75, 3.05) is 13.2 Å². The minimum atomic E-state index is -0.546. The fourth-order valence-electron chi connectivity index (χ4n) is 0.973. The van der Waals surface area contributed by atoms with Gasteiger partial charge in [-0.1, -0.05) is 20.8 Å². The molecule has 0 bridgehead atoms. The van der Waals surface area contributed by atoms with Gasteiger partial charge in [-0.25, -0.2) is 0 Å². The SMILES string of the molecule is CCOC(C)C(=O)NCC(O)C(C)(C)C. The van der Waals surface area contributed by atoms with Crippen molar-refractivity contribution in [3.63, 3.8) is 0 Å². The molecule has 0 rings (SSSR count). The van der Waals surface area contributed by atoms with Gasteiger partial charge < -0.3 is 15.2 Å². The summed E-state index contributed by atoms with van der Waals surface area (Å²) in [5, 5.41) is 12.4. The van der Waals surface area contributed by atoms with Gasteiger partial charge in [-0.3, -0.25) is 4.79 Å². The Bertz CT molecular complexity index is 198. The van der Waals surface area contributed by atoms with E-state index in [1.807, 2.05) is 27.7 Å². The highest BCUT2D eigenvalue weighted by Crippen LogP contribution is 2.18. The molecular formula is C11H23NO3. The normalized spacial score (nSPS) is 15.9. The number of rotatable bonds is 5. The first-order valence-electron chi connectivity index (χ1n) is 5.36. The van der Waals surface area contributed by atoms with E-state index in [4.69, 9.17) is 4.74 Å². The van der Waals surface area contributed by atoms with Crippen LogP contribution in [0.3, 0.4) is 0 Å². The van der Waals surface area contributed by atoms with Gasteiger partial charge in [-0.15, -0.1) is 0 Å². The standard InChI is InChI=1S/C11H23NO3/c1-6-15-8(2)10(14)12-7-9(13)11(3,4)5/h8-9,13H,6-7H2,1-5H3,(H,12,14). The van der Waals surface area contributed by atoms with Crippen LogP contribution in [0.2, 0.25) is 0 Å². The van der Waals surface area contributed by atoms with Crippen molar-refractivity contribution in [2.24, 2.45) is 5.41 Å². The van der Waals surface area contributed by atoms with Gasteiger partial charge in [0.25, 0.3) is 0 Å². The summed E-state index contributed by atoms with van der Waals surface area (Å²) in [6, 6.07) is 0. The van der Waals surface area contributed by atoms with Gasteiger partial charge in [0.05, 0.1) is 6.10 Å². The number of carbonyl (C=O) groups is 1. The second-order valence-corrected chi connectivity index (χ2v) is 4.72. The molecule has 0 aromatic heterocycles. The lowest BCUT2D eigenvalue weighted by molar-refractivity contribution is -0.132. The van der Waals surface area contributed by atoms with Gasteiger partial charge >= 0.3 is 0 Å². The number of nitrogens with one attached hydrogen (secondary N) is 1. The van der Waals surface area contributed by atoms with Crippen molar-refractivity contribution >= 4 is 5.91 Å². The minimum absolute atomic E-state index is 0.180. The summed E-state index contributed by atoms with van der Waals surface area (Å²) < 4.78 is 5.13. The summed E-state index contributed by atoms with van der Waals surface area (Å²) in [6.07, 6.45) is -1.00. The number of aliphatic hydroxyl groups is 1. The molecule has 0 saturated heterocycles. The Balaban J connectivity index is 3.90. The largest absolute Gasteiger partial charge is 0.391 e. The van der Waals surface area contributed by atoms with Crippen molar-refractivity contribution in [3.05, 3.63) is 0 Å². The van der Waals surface area contributed by atoms with E-state index in [2.05, 4.69) is 5.32 Å². The summed E-state index contributed by atoms with van der Waals surface area (Å²) in [5.74, 6) is -0.180. The highest BCUT2D eigenvalue weighted by Gasteiger charge is 2.23. The van der Waals surface area contributed by atoms with Crippen LogP contribution in [-0.2, 0) is 9.53 Å². The first-order valence-corrected chi connectivity index (χ1v) is 5.36. The average molecular weight is 217 g/mol. The Morgan fingerprint density at radius 3 is 2.40 bits per heavy atom. The van der Waals surface area contributed by atoms with Crippen LogP contribution in [0, 0.1) is 5.41 Å². The van der Waals surface area contributed by atoms with E-state index in [-0.39, 0.29) is 17.9 Å². The van der Waals surface area contributed by atoms with E-state index >= 15 is 0 Å². The van der Waals surface area contributed by atoms with E-state index in [9.17, 15) is 9.90 Å². The highest BCUT2D eigenvalue weighted by atomic mass is 16.5. The van der Waals surface area contributed by atoms with Crippen molar-refractivity contribution in [3.8, 4) is 0 Å². The molecule has 0 saturated carbocycles. The average Bonchev–Trinajstić information content (AvgIpc) is 2.12. The second kappa shape index (κ2) is 6.08. The predicted octanol–water partition coefficient (Wildman–Crippen LogP) is 0.935. The molecule has 4 nitrogen and oxygen atoms in total. The molecule has 2 atom stereocenters. The third-order valence-electron chi connectivity index (χ3n) is 2.26. The summed E-state index contributed by atoms with van der Waals surface area (Å²) in [7, 11) is 0. The van der Waals surface area contributed by atoms with Crippen LogP contribution in [0.5, 0.6) is 0 Å². The van der Waals surface area contributed by atoms with Gasteiger partial charge in [-0.2, -0.15) is 0 Å². The molecule has 2 N–H and O–H groups in total. The van der Waals surface area contributed by atoms with E-state index in [0.717, 1.165) is 0 Å². The number of carbonyl (C=O) groups excluding carboxylic acids is 1. The molecule has 0 fully saturated rings. The molecule has 0 radical (unpaired) electrons. The first-order chi connectivity index (χ1) is 6.79. The van der Waals surface area contributed by atoms with Crippen LogP contribution in [0.25, 0.3) is 0 Å². The zero-order valence-corrected chi connectivity index (χ0v) is 10.3. The molecule has 1 amide bonds. The molecule has 4 heteroatoms. The molecule has 0 aliphatic carbocycles. The van der Waals surface area contributed by atoms with Crippen molar-refractivity contribution in [1.82, 2.24) is 5.32 Å². The fraction of sp³-hybridized carbons (Fsp3) is 0.909. The second-order valence-electron chi connectivity index (χ2n) is 4.72. The number of hydrogen-bond donors (Lipinski definition) is 2. The van der Waals surface area contributed by atoms with E-state index in [1.165, 1.54) is 0 Å². The van der Waals surface area contributed by atoms with Crippen LogP contribution in [0.15, 0.2) is 0 Å². The van der Waals surface area contributed by atoms with Gasteiger partial charge in [0.1, 0.15) is 6.10 Å². The Labute approximate surface area is 92.0 Å². The van der Waals surface area contributed by atoms with Gasteiger partial charge in [0.2, 0.25) is 5.91 Å². The zero-order chi connectivity index (χ0) is 12.1. The summed E-state index contributed by atoms with van der Waals surface area (Å²) in [4.78, 5) is 11.4. The summed E-state index contributed by atoms with van der Waals surface area (Å²) >= 11 is 0. The molecule has 0 aromatic carbocycles. The molecule has 0 aliphatic heterocycles.